The number of nitrogens with one attached hydrogen (secondary N) is 1. The number of nitrogens with zero attached hydrogens (tertiary/aromatic N) is 1. The van der Waals surface area contributed by atoms with E-state index in [1.54, 1.807) is 30.5 Å². The average Bonchev–Trinajstić information content (AvgIpc) is 3.03. The van der Waals surface area contributed by atoms with E-state index in [2.05, 4.69) is 16.9 Å². The number of pyridine rings is 1. The first kappa shape index (κ1) is 13.6. The highest BCUT2D eigenvalue weighted by atomic mass is 16.5. The van der Waals surface area contributed by atoms with Gasteiger partial charge in [-0.1, -0.05) is 6.58 Å². The third-order valence-corrected chi connectivity index (χ3v) is 3.64. The van der Waals surface area contributed by atoms with Gasteiger partial charge in [-0.25, -0.2) is 0 Å². The Labute approximate surface area is 124 Å². The van der Waals surface area contributed by atoms with Crippen LogP contribution in [-0.4, -0.2) is 22.7 Å². The number of rotatable bonds is 4. The molecule has 2 N–H and O–H groups in total. The van der Waals surface area contributed by atoms with Crippen LogP contribution in [0.4, 0.5) is 0 Å². The van der Waals surface area contributed by atoms with Gasteiger partial charge in [-0.2, -0.15) is 0 Å². The molecule has 2 heterocycles. The van der Waals surface area contributed by atoms with Crippen molar-refractivity contribution in [3.8, 4) is 17.2 Å². The van der Waals surface area contributed by atoms with Crippen molar-refractivity contribution in [3.05, 3.63) is 54.9 Å². The fraction of sp³-hybridized carbons (Fsp3) is 0.235. The van der Waals surface area contributed by atoms with Crippen molar-refractivity contribution in [2.75, 3.05) is 6.54 Å². The lowest BCUT2D eigenvalue weighted by molar-refractivity contribution is 0.463. The number of aromatic nitrogens is 1. The minimum absolute atomic E-state index is 0.218. The van der Waals surface area contributed by atoms with Crippen LogP contribution in [0.2, 0.25) is 0 Å². The lowest BCUT2D eigenvalue weighted by atomic mass is 10.0. The lowest BCUT2D eigenvalue weighted by Gasteiger charge is -2.14. The van der Waals surface area contributed by atoms with E-state index in [0.717, 1.165) is 24.1 Å². The van der Waals surface area contributed by atoms with Crippen LogP contribution in [0.15, 0.2) is 49.3 Å². The second kappa shape index (κ2) is 5.97. The van der Waals surface area contributed by atoms with E-state index >= 15 is 0 Å². The van der Waals surface area contributed by atoms with Gasteiger partial charge in [-0.3, -0.25) is 4.98 Å². The van der Waals surface area contributed by atoms with E-state index < -0.39 is 0 Å². The molecule has 1 fully saturated rings. The van der Waals surface area contributed by atoms with Crippen LogP contribution in [-0.2, 0) is 0 Å². The first-order chi connectivity index (χ1) is 10.2. The monoisotopic (exact) mass is 282 g/mol. The number of benzene rings is 1. The van der Waals surface area contributed by atoms with Crippen LogP contribution < -0.4 is 10.1 Å². The highest BCUT2D eigenvalue weighted by Gasteiger charge is 2.18. The molecule has 1 aromatic carbocycles. The molecule has 1 aromatic heterocycles. The fourth-order valence-electron chi connectivity index (χ4n) is 2.48. The molecule has 3 rings (SSSR count). The van der Waals surface area contributed by atoms with Crippen molar-refractivity contribution in [1.82, 2.24) is 10.3 Å². The van der Waals surface area contributed by atoms with E-state index in [1.807, 2.05) is 12.3 Å². The molecule has 0 aliphatic carbocycles. The van der Waals surface area contributed by atoms with Gasteiger partial charge in [0.15, 0.2) is 0 Å². The molecule has 1 saturated heterocycles. The summed E-state index contributed by atoms with van der Waals surface area (Å²) in [6.45, 7) is 5.22. The maximum absolute atomic E-state index is 9.27. The van der Waals surface area contributed by atoms with Gasteiger partial charge in [-0.05, 0) is 55.3 Å². The number of hydrogen-bond acceptors (Lipinski definition) is 4. The van der Waals surface area contributed by atoms with Crippen LogP contribution in [0.5, 0.6) is 17.2 Å². The summed E-state index contributed by atoms with van der Waals surface area (Å²) in [5.74, 6) is 1.55. The maximum atomic E-state index is 9.27. The van der Waals surface area contributed by atoms with Gasteiger partial charge in [0.25, 0.3) is 0 Å². The summed E-state index contributed by atoms with van der Waals surface area (Å²) in [6, 6.07) is 8.89. The molecule has 108 valence electrons. The summed E-state index contributed by atoms with van der Waals surface area (Å²) in [5, 5.41) is 12.7. The Morgan fingerprint density at radius 3 is 2.76 bits per heavy atom. The normalized spacial score (nSPS) is 17.6. The first-order valence-corrected chi connectivity index (χ1v) is 7.07. The van der Waals surface area contributed by atoms with Gasteiger partial charge < -0.3 is 15.2 Å². The van der Waals surface area contributed by atoms with E-state index in [1.165, 1.54) is 6.42 Å². The second-order valence-electron chi connectivity index (χ2n) is 5.18. The Kier molecular flexibility index (Phi) is 3.88. The fourth-order valence-corrected chi connectivity index (χ4v) is 2.48. The van der Waals surface area contributed by atoms with E-state index in [9.17, 15) is 5.11 Å². The highest BCUT2D eigenvalue weighted by molar-refractivity contribution is 5.68. The minimum atomic E-state index is 0.218. The molecule has 0 amide bonds. The number of aromatic hydroxyl groups is 1. The molecular formula is C17H18N2O2. The van der Waals surface area contributed by atoms with Crippen molar-refractivity contribution < 1.29 is 9.84 Å². The molecular weight excluding hydrogens is 264 g/mol. The Bertz CT molecular complexity index is 631. The van der Waals surface area contributed by atoms with Crippen molar-refractivity contribution in [3.63, 3.8) is 0 Å². The van der Waals surface area contributed by atoms with Gasteiger partial charge >= 0.3 is 0 Å². The van der Waals surface area contributed by atoms with Crippen molar-refractivity contribution >= 4 is 5.57 Å². The van der Waals surface area contributed by atoms with Gasteiger partial charge in [0.2, 0.25) is 0 Å². The third kappa shape index (κ3) is 3.23. The van der Waals surface area contributed by atoms with E-state index in [0.29, 0.717) is 17.5 Å². The predicted octanol–water partition coefficient (Wildman–Crippen LogP) is 3.34. The van der Waals surface area contributed by atoms with Gasteiger partial charge in [0, 0.05) is 17.8 Å². The SMILES string of the molecule is C=C(c1cncc(Oc2ccc(O)cc2)c1)[C@H]1CCCN1. The van der Waals surface area contributed by atoms with E-state index in [-0.39, 0.29) is 5.75 Å². The summed E-state index contributed by atoms with van der Waals surface area (Å²) in [5.41, 5.74) is 2.04. The molecule has 0 spiro atoms. The third-order valence-electron chi connectivity index (χ3n) is 3.64. The molecule has 21 heavy (non-hydrogen) atoms. The minimum Gasteiger partial charge on any atom is -0.508 e. The Morgan fingerprint density at radius 1 is 1.24 bits per heavy atom. The summed E-state index contributed by atoms with van der Waals surface area (Å²) in [7, 11) is 0. The molecule has 0 bridgehead atoms. The first-order valence-electron chi connectivity index (χ1n) is 7.07. The number of phenolic OH excluding ortho intramolecular Hbond substituents is 1. The Balaban J connectivity index is 1.76. The van der Waals surface area contributed by atoms with Crippen LogP contribution in [0, 0.1) is 0 Å². The zero-order chi connectivity index (χ0) is 14.7. The standard InChI is InChI=1S/C17H18N2O2/c1-12(17-3-2-8-19-17)13-9-16(11-18-10-13)21-15-6-4-14(20)5-7-15/h4-7,9-11,17,19-20H,1-3,8H2/t17-/m1/s1. The number of hydrogen-bond donors (Lipinski definition) is 2. The van der Waals surface area contributed by atoms with Crippen molar-refractivity contribution in [2.45, 2.75) is 18.9 Å². The molecule has 0 saturated carbocycles. The van der Waals surface area contributed by atoms with Gasteiger partial charge in [-0.15, -0.1) is 0 Å². The molecule has 1 aliphatic rings. The molecule has 0 unspecified atom stereocenters. The van der Waals surface area contributed by atoms with Crippen LogP contribution >= 0.6 is 0 Å². The molecule has 1 aliphatic heterocycles. The van der Waals surface area contributed by atoms with Crippen molar-refractivity contribution in [2.24, 2.45) is 0 Å². The Morgan fingerprint density at radius 2 is 2.05 bits per heavy atom. The van der Waals surface area contributed by atoms with Gasteiger partial charge in [0.05, 0.1) is 6.20 Å². The lowest BCUT2D eigenvalue weighted by Crippen LogP contribution is -2.22. The zero-order valence-corrected chi connectivity index (χ0v) is 11.7. The smallest absolute Gasteiger partial charge is 0.146 e. The van der Waals surface area contributed by atoms with Crippen LogP contribution in [0.25, 0.3) is 5.57 Å². The number of ether oxygens (including phenoxy) is 1. The zero-order valence-electron chi connectivity index (χ0n) is 11.7. The summed E-state index contributed by atoms with van der Waals surface area (Å²) in [4.78, 5) is 4.23. The number of phenols is 1. The molecule has 0 radical (unpaired) electrons. The van der Waals surface area contributed by atoms with Crippen LogP contribution in [0.1, 0.15) is 18.4 Å². The summed E-state index contributed by atoms with van der Waals surface area (Å²) < 4.78 is 5.75. The summed E-state index contributed by atoms with van der Waals surface area (Å²) >= 11 is 0. The predicted molar refractivity (Wildman–Crippen MR) is 82.5 cm³/mol. The highest BCUT2D eigenvalue weighted by Crippen LogP contribution is 2.27. The Hall–Kier alpha value is -2.33. The largest absolute Gasteiger partial charge is 0.508 e. The van der Waals surface area contributed by atoms with E-state index in [4.69, 9.17) is 4.74 Å². The van der Waals surface area contributed by atoms with Gasteiger partial charge in [0.1, 0.15) is 17.2 Å². The topological polar surface area (TPSA) is 54.4 Å². The summed E-state index contributed by atoms with van der Waals surface area (Å²) in [6.07, 6.45) is 5.78. The molecule has 4 nitrogen and oxygen atoms in total. The van der Waals surface area contributed by atoms with Crippen molar-refractivity contribution in [1.29, 1.82) is 0 Å². The average molecular weight is 282 g/mol. The molecule has 4 heteroatoms. The molecule has 2 aromatic rings. The second-order valence-corrected chi connectivity index (χ2v) is 5.18. The molecule has 1 atom stereocenters. The maximum Gasteiger partial charge on any atom is 0.146 e. The quantitative estimate of drug-likeness (QED) is 0.903. The van der Waals surface area contributed by atoms with Crippen LogP contribution in [0.3, 0.4) is 0 Å².